The van der Waals surface area contributed by atoms with Crippen molar-refractivity contribution in [3.8, 4) is 0 Å². The molecule has 0 spiro atoms. The number of ether oxygens (including phenoxy) is 2. The minimum absolute atomic E-state index is 0.00501. The van der Waals surface area contributed by atoms with E-state index in [1.807, 2.05) is 51.1 Å². The highest BCUT2D eigenvalue weighted by atomic mass is 32.1. The third-order valence-electron chi connectivity index (χ3n) is 7.95. The molecule has 1 aromatic rings. The molecule has 1 aromatic carbocycles. The Morgan fingerprint density at radius 1 is 1.02 bits per heavy atom. The van der Waals surface area contributed by atoms with Crippen LogP contribution < -0.4 is 21.4 Å². The van der Waals surface area contributed by atoms with Crippen molar-refractivity contribution in [1.29, 1.82) is 0 Å². The lowest BCUT2D eigenvalue weighted by atomic mass is 9.84. The van der Waals surface area contributed by atoms with Gasteiger partial charge in [-0.05, 0) is 52.0 Å². The monoisotopic (exact) mass is 647 g/mol. The molecule has 2 fully saturated rings. The van der Waals surface area contributed by atoms with Gasteiger partial charge in [0, 0.05) is 6.54 Å². The Hall–Kier alpha value is -3.32. The van der Waals surface area contributed by atoms with Crippen molar-refractivity contribution < 1.29 is 33.4 Å². The average molecular weight is 648 g/mol. The second-order valence-electron chi connectivity index (χ2n) is 12.8. The van der Waals surface area contributed by atoms with Gasteiger partial charge in [-0.3, -0.25) is 29.6 Å². The van der Waals surface area contributed by atoms with Crippen molar-refractivity contribution in [2.24, 2.45) is 11.8 Å². The Morgan fingerprint density at radius 3 is 2.31 bits per heavy atom. The fourth-order valence-electron chi connectivity index (χ4n) is 5.71. The molecular formula is C32H49N5O7S. The normalized spacial score (nSPS) is 19.0. The first-order chi connectivity index (χ1) is 21.4. The maximum absolute atomic E-state index is 13.8. The fourth-order valence-corrected chi connectivity index (χ4v) is 5.88. The molecule has 1 saturated carbocycles. The van der Waals surface area contributed by atoms with Crippen LogP contribution in [-0.4, -0.2) is 77.4 Å². The van der Waals surface area contributed by atoms with Crippen LogP contribution in [0.3, 0.4) is 0 Å². The second kappa shape index (κ2) is 17.4. The van der Waals surface area contributed by atoms with Crippen LogP contribution in [0.2, 0.25) is 0 Å². The van der Waals surface area contributed by atoms with Gasteiger partial charge in [-0.2, -0.15) is 12.6 Å². The van der Waals surface area contributed by atoms with Gasteiger partial charge in [0.05, 0.1) is 29.9 Å². The summed E-state index contributed by atoms with van der Waals surface area (Å²) in [6.45, 7) is 7.68. The van der Waals surface area contributed by atoms with Crippen LogP contribution in [0.15, 0.2) is 30.3 Å². The number of hydrogen-bond donors (Lipinski definition) is 5. The summed E-state index contributed by atoms with van der Waals surface area (Å²) in [6, 6.07) is 6.95. The number of thiol groups is 1. The van der Waals surface area contributed by atoms with Crippen molar-refractivity contribution in [2.45, 2.75) is 103 Å². The number of amides is 5. The third-order valence-corrected chi connectivity index (χ3v) is 8.22. The van der Waals surface area contributed by atoms with Crippen LogP contribution >= 0.6 is 12.6 Å². The van der Waals surface area contributed by atoms with E-state index in [-0.39, 0.29) is 30.7 Å². The minimum atomic E-state index is -1.19. The summed E-state index contributed by atoms with van der Waals surface area (Å²) in [5, 5.41) is 9.32. The molecule has 1 saturated heterocycles. The van der Waals surface area contributed by atoms with Crippen LogP contribution in [-0.2, 0) is 35.3 Å². The van der Waals surface area contributed by atoms with Crippen LogP contribution in [0.4, 0.5) is 4.79 Å². The van der Waals surface area contributed by atoms with Crippen LogP contribution in [0.1, 0.15) is 78.2 Å². The summed E-state index contributed by atoms with van der Waals surface area (Å²) in [5.74, 6) is -2.32. The van der Waals surface area contributed by atoms with Crippen molar-refractivity contribution in [3.63, 3.8) is 0 Å². The smallest absolute Gasteiger partial charge is 0.408 e. The first-order valence-corrected chi connectivity index (χ1v) is 16.4. The molecule has 2 aliphatic rings. The van der Waals surface area contributed by atoms with Gasteiger partial charge >= 0.3 is 6.09 Å². The number of rotatable bonds is 13. The summed E-state index contributed by atoms with van der Waals surface area (Å²) in [5.41, 5.74) is 2.81. The number of hydrogen-bond acceptors (Lipinski definition) is 8. The number of carbonyl (C=O) groups excluding carboxylic acids is 5. The minimum Gasteiger partial charge on any atom is -0.445 e. The number of carbonyl (C=O) groups is 5. The van der Waals surface area contributed by atoms with Gasteiger partial charge in [-0.15, -0.1) is 0 Å². The summed E-state index contributed by atoms with van der Waals surface area (Å²) in [6.07, 6.45) is 4.30. The molecule has 5 amide bonds. The van der Waals surface area contributed by atoms with Gasteiger partial charge in [0.2, 0.25) is 11.8 Å². The molecule has 0 bridgehead atoms. The molecular weight excluding hydrogens is 598 g/mol. The summed E-state index contributed by atoms with van der Waals surface area (Å²) in [4.78, 5) is 65.4. The molecule has 4 atom stereocenters. The van der Waals surface area contributed by atoms with E-state index in [1.165, 1.54) is 0 Å². The number of nitrogens with zero attached hydrogens (tertiary/aromatic N) is 1. The lowest BCUT2D eigenvalue weighted by molar-refractivity contribution is -0.143. The molecule has 0 aromatic heterocycles. The van der Waals surface area contributed by atoms with E-state index in [1.54, 1.807) is 6.92 Å². The Kier molecular flexibility index (Phi) is 14.0. The summed E-state index contributed by atoms with van der Waals surface area (Å²) >= 11 is 4.09. The number of hydrazine groups is 1. The fraction of sp³-hybridized carbons (Fsp3) is 0.656. The van der Waals surface area contributed by atoms with Gasteiger partial charge in [0.25, 0.3) is 11.8 Å². The van der Waals surface area contributed by atoms with Gasteiger partial charge in [0.15, 0.2) is 0 Å². The zero-order valence-electron chi connectivity index (χ0n) is 26.8. The first kappa shape index (κ1) is 36.2. The molecule has 1 aliphatic carbocycles. The Bertz CT molecular complexity index is 1160. The van der Waals surface area contributed by atoms with E-state index in [0.29, 0.717) is 19.4 Å². The highest BCUT2D eigenvalue weighted by Gasteiger charge is 2.36. The van der Waals surface area contributed by atoms with Gasteiger partial charge in [-0.1, -0.05) is 62.4 Å². The van der Waals surface area contributed by atoms with E-state index in [9.17, 15) is 24.0 Å². The number of alkyl carbamates (subject to hydrolysis) is 1. The topological polar surface area (TPSA) is 155 Å². The van der Waals surface area contributed by atoms with Crippen molar-refractivity contribution >= 4 is 42.4 Å². The van der Waals surface area contributed by atoms with Crippen molar-refractivity contribution in [2.75, 3.05) is 18.8 Å². The van der Waals surface area contributed by atoms with E-state index in [0.717, 1.165) is 42.7 Å². The molecule has 250 valence electrons. The largest absolute Gasteiger partial charge is 0.445 e. The predicted octanol–water partition coefficient (Wildman–Crippen LogP) is 2.87. The van der Waals surface area contributed by atoms with E-state index >= 15 is 0 Å². The van der Waals surface area contributed by atoms with Crippen molar-refractivity contribution in [3.05, 3.63) is 35.9 Å². The highest BCUT2D eigenvalue weighted by molar-refractivity contribution is 7.81. The third kappa shape index (κ3) is 12.2. The van der Waals surface area contributed by atoms with Gasteiger partial charge in [0.1, 0.15) is 18.7 Å². The Balaban J connectivity index is 1.78. The lowest BCUT2D eigenvalue weighted by Crippen LogP contribution is -2.60. The molecule has 3 rings (SSSR count). The lowest BCUT2D eigenvalue weighted by Gasteiger charge is -2.33. The van der Waals surface area contributed by atoms with Gasteiger partial charge in [-0.25, -0.2) is 4.79 Å². The summed E-state index contributed by atoms with van der Waals surface area (Å²) in [7, 11) is 0. The molecule has 4 N–H and O–H groups in total. The van der Waals surface area contributed by atoms with E-state index in [4.69, 9.17) is 9.47 Å². The predicted molar refractivity (Wildman–Crippen MR) is 172 cm³/mol. The van der Waals surface area contributed by atoms with Crippen LogP contribution in [0.25, 0.3) is 0 Å². The SMILES string of the molecule is C[C@@H](OC(C)(C)C)[C@H](NC(=O)OCc1ccccc1)C(=O)N[C@@H](CC1CCCCC1)C(=O)NN(C[C@@H]1CCNC1=O)C(=O)CS. The molecule has 12 nitrogen and oxygen atoms in total. The van der Waals surface area contributed by atoms with E-state index < -0.39 is 53.5 Å². The average Bonchev–Trinajstić information content (AvgIpc) is 3.41. The second-order valence-corrected chi connectivity index (χ2v) is 13.2. The molecule has 0 radical (unpaired) electrons. The van der Waals surface area contributed by atoms with Gasteiger partial charge < -0.3 is 25.4 Å². The Labute approximate surface area is 271 Å². The van der Waals surface area contributed by atoms with Crippen molar-refractivity contribution in [1.82, 2.24) is 26.4 Å². The molecule has 13 heteroatoms. The Morgan fingerprint density at radius 2 is 1.71 bits per heavy atom. The molecule has 1 heterocycles. The molecule has 0 unspecified atom stereocenters. The highest BCUT2D eigenvalue weighted by Crippen LogP contribution is 2.27. The van der Waals surface area contributed by atoms with E-state index in [2.05, 4.69) is 34.0 Å². The number of nitrogens with one attached hydrogen (secondary N) is 4. The maximum atomic E-state index is 13.8. The van der Waals surface area contributed by atoms with Crippen LogP contribution in [0.5, 0.6) is 0 Å². The first-order valence-electron chi connectivity index (χ1n) is 15.8. The molecule has 45 heavy (non-hydrogen) atoms. The molecule has 1 aliphatic heterocycles. The number of benzene rings is 1. The zero-order chi connectivity index (χ0) is 33.0. The quantitative estimate of drug-likeness (QED) is 0.163. The zero-order valence-corrected chi connectivity index (χ0v) is 27.7. The summed E-state index contributed by atoms with van der Waals surface area (Å²) < 4.78 is 11.4. The van der Waals surface area contributed by atoms with Crippen LogP contribution in [0, 0.1) is 11.8 Å². The maximum Gasteiger partial charge on any atom is 0.408 e. The standard InChI is InChI=1S/C32H49N5O7S/c1-21(44-32(2,3)4)27(35-31(42)43-19-23-13-9-6-10-14-23)30(41)34-25(17-22-11-7-5-8-12-22)29(40)36-37(26(38)20-45)18-24-15-16-33-28(24)39/h6,9-10,13-14,21-22,24-25,27,45H,5,7-8,11-12,15-20H2,1-4H3,(H,33,39)(H,34,41)(H,35,42)(H,36,40)/t21-,24+,25+,27+/m1/s1.